The molecule has 4 aliphatic rings. The minimum Gasteiger partial charge on any atom is -0.494 e. The number of methoxy groups -OCH3 is 2. The number of carbonyl (C=O) groups is 4. The normalized spacial score (nSPS) is 27.0. The number of nitrogens with zero attached hydrogens (tertiary/aromatic N) is 2. The van der Waals surface area contributed by atoms with E-state index in [0.717, 1.165) is 11.0 Å². The molecule has 2 aliphatic heterocycles. The van der Waals surface area contributed by atoms with Crippen molar-refractivity contribution in [3.05, 3.63) is 36.2 Å². The second-order valence-electron chi connectivity index (χ2n) is 16.7. The van der Waals surface area contributed by atoms with Gasteiger partial charge in [-0.1, -0.05) is 46.8 Å². The Hall–Kier alpha value is -4.92. The van der Waals surface area contributed by atoms with Gasteiger partial charge in [0.1, 0.15) is 29.5 Å². The number of sulfonamides is 1. The van der Waals surface area contributed by atoms with E-state index in [1.165, 1.54) is 33.3 Å². The molecule has 1 aromatic heterocycles. The maximum Gasteiger partial charge on any atom is 0.427 e. The number of nitrogens with one attached hydrogen (secondary N) is 3. The Kier molecular flexibility index (Phi) is 16.8. The quantitative estimate of drug-likeness (QED) is 0.158. The summed E-state index contributed by atoms with van der Waals surface area (Å²) in [6.07, 6.45) is -4.59. The third kappa shape index (κ3) is 11.6. The first kappa shape index (κ1) is 52.7. The molecule has 0 spiro atoms. The van der Waals surface area contributed by atoms with Gasteiger partial charge in [0.15, 0.2) is 11.6 Å². The van der Waals surface area contributed by atoms with E-state index in [9.17, 15) is 40.8 Å². The molecule has 7 atom stereocenters. The molecule has 3 N–H and O–H groups in total. The highest BCUT2D eigenvalue weighted by atomic mass is 32.2. The topological polar surface area (TPSA) is 201 Å². The molecule has 21 heteroatoms. The lowest BCUT2D eigenvalue weighted by atomic mass is 10.0. The minimum atomic E-state index is -4.98. The largest absolute Gasteiger partial charge is 0.494 e. The molecule has 1 saturated heterocycles. The summed E-state index contributed by atoms with van der Waals surface area (Å²) in [5.74, 6) is -4.18. The number of rotatable bonds is 10. The van der Waals surface area contributed by atoms with Crippen LogP contribution in [0.3, 0.4) is 0 Å². The number of fused-ring (bicyclic) bond motifs is 3. The Morgan fingerprint density at radius 1 is 1.06 bits per heavy atom. The Morgan fingerprint density at radius 3 is 2.31 bits per heavy atom. The lowest BCUT2D eigenvalue weighted by Crippen LogP contribution is -2.61. The third-order valence-corrected chi connectivity index (χ3v) is 14.0. The van der Waals surface area contributed by atoms with Crippen molar-refractivity contribution in [1.29, 1.82) is 0 Å². The number of ether oxygens (including phenoxy) is 5. The van der Waals surface area contributed by atoms with Crippen molar-refractivity contribution >= 4 is 44.7 Å². The van der Waals surface area contributed by atoms with E-state index in [1.54, 1.807) is 26.0 Å². The maximum absolute atomic E-state index is 15.0. The number of halogens is 4. The molecule has 4 amide bonds. The molecule has 2 aliphatic carbocycles. The summed E-state index contributed by atoms with van der Waals surface area (Å²) in [5.41, 5.74) is -4.48. The molecule has 370 valence electrons. The van der Waals surface area contributed by atoms with Crippen molar-refractivity contribution in [2.24, 2.45) is 5.92 Å². The molecule has 1 aromatic carbocycles. The van der Waals surface area contributed by atoms with Crippen LogP contribution in [-0.4, -0.2) is 115 Å². The van der Waals surface area contributed by atoms with E-state index >= 15 is 4.39 Å². The number of aromatic nitrogens is 1. The highest BCUT2D eigenvalue weighted by molar-refractivity contribution is 7.91. The van der Waals surface area contributed by atoms with E-state index < -0.39 is 98.0 Å². The minimum absolute atomic E-state index is 0. The van der Waals surface area contributed by atoms with Gasteiger partial charge in [-0.2, -0.15) is 13.2 Å². The van der Waals surface area contributed by atoms with Gasteiger partial charge in [-0.15, -0.1) is 0 Å². The Balaban J connectivity index is 0.00000322. The lowest BCUT2D eigenvalue weighted by molar-refractivity contribution is -0.244. The van der Waals surface area contributed by atoms with Crippen molar-refractivity contribution < 1.29 is 73.1 Å². The van der Waals surface area contributed by atoms with Gasteiger partial charge in [-0.25, -0.2) is 22.6 Å². The molecule has 2 saturated carbocycles. The van der Waals surface area contributed by atoms with Crippen LogP contribution in [0.2, 0.25) is 0 Å². The van der Waals surface area contributed by atoms with Gasteiger partial charge >= 0.3 is 12.3 Å². The van der Waals surface area contributed by atoms with Gasteiger partial charge in [0, 0.05) is 34.1 Å². The summed E-state index contributed by atoms with van der Waals surface area (Å²) < 4.78 is 112. The van der Waals surface area contributed by atoms with Crippen LogP contribution in [0.4, 0.5) is 22.4 Å². The van der Waals surface area contributed by atoms with Gasteiger partial charge in [0.2, 0.25) is 33.3 Å². The predicted octanol–water partition coefficient (Wildman–Crippen LogP) is 7.37. The fraction of sp³-hybridized carbons (Fsp3) is 0.659. The number of pyridine rings is 1. The molecule has 0 unspecified atom stereocenters. The van der Waals surface area contributed by atoms with Crippen LogP contribution in [0.1, 0.15) is 112 Å². The van der Waals surface area contributed by atoms with E-state index in [4.69, 9.17) is 23.7 Å². The smallest absolute Gasteiger partial charge is 0.427 e. The number of amides is 4. The van der Waals surface area contributed by atoms with Crippen molar-refractivity contribution in [2.75, 3.05) is 20.8 Å². The van der Waals surface area contributed by atoms with Crippen LogP contribution in [0.5, 0.6) is 17.4 Å². The highest BCUT2D eigenvalue weighted by Gasteiger charge is 2.63. The SMILES string of the molecule is CC.CC.CC[C@@H]1O[C@H](C)CC/C=C\[C@@H]2C[C@@]2(C(=O)NS(=O)(=O)C2(C)CC2)NC(=O)[C@@H]2C[C@@H](Oc3cc(OC)nc4cc(OC)c(F)cc34)CN2C(=O)[C@H]1NC(=O)OC(C)(C)C(F)(F)F.[HH].[HH].[HH]. The van der Waals surface area contributed by atoms with Crippen LogP contribution in [0, 0.1) is 11.7 Å². The monoisotopic (exact) mass is 951 g/mol. The second-order valence-corrected chi connectivity index (χ2v) is 18.9. The highest BCUT2D eigenvalue weighted by Crippen LogP contribution is 2.48. The van der Waals surface area contributed by atoms with Gasteiger partial charge in [-0.3, -0.25) is 19.1 Å². The zero-order valence-electron chi connectivity index (χ0n) is 38.8. The summed E-state index contributed by atoms with van der Waals surface area (Å²) in [7, 11) is -1.52. The number of allylic oxidation sites excluding steroid dienone is 1. The Bertz CT molecular complexity index is 2220. The fourth-order valence-corrected chi connectivity index (χ4v) is 8.77. The molecule has 65 heavy (non-hydrogen) atoms. The molecule has 0 radical (unpaired) electrons. The van der Waals surface area contributed by atoms with Crippen LogP contribution in [0.25, 0.3) is 10.9 Å². The maximum atomic E-state index is 15.0. The van der Waals surface area contributed by atoms with E-state index in [1.807, 2.05) is 27.7 Å². The zero-order chi connectivity index (χ0) is 48.9. The summed E-state index contributed by atoms with van der Waals surface area (Å²) in [5, 5.41) is 5.19. The van der Waals surface area contributed by atoms with Crippen LogP contribution in [-0.2, 0) is 33.9 Å². The first-order valence-corrected chi connectivity index (χ1v) is 23.4. The van der Waals surface area contributed by atoms with Gasteiger partial charge < -0.3 is 39.2 Å². The number of carbonyl (C=O) groups excluding carboxylic acids is 4. The summed E-state index contributed by atoms with van der Waals surface area (Å²) in [4.78, 5) is 62.0. The molecule has 2 aromatic rings. The Morgan fingerprint density at radius 2 is 1.72 bits per heavy atom. The summed E-state index contributed by atoms with van der Waals surface area (Å²) in [6, 6.07) is 0.644. The van der Waals surface area contributed by atoms with Crippen LogP contribution in [0.15, 0.2) is 30.4 Å². The van der Waals surface area contributed by atoms with E-state index in [-0.39, 0.29) is 58.4 Å². The van der Waals surface area contributed by atoms with E-state index in [2.05, 4.69) is 20.3 Å². The molecule has 6 rings (SSSR count). The van der Waals surface area contributed by atoms with E-state index in [0.29, 0.717) is 39.5 Å². The molecule has 0 bridgehead atoms. The molecule has 3 heterocycles. The number of alkyl carbamates (subject to hydrolysis) is 1. The first-order chi connectivity index (χ1) is 30.5. The zero-order valence-corrected chi connectivity index (χ0v) is 39.6. The van der Waals surface area contributed by atoms with Crippen LogP contribution < -0.4 is 29.6 Å². The first-order valence-electron chi connectivity index (χ1n) is 21.9. The molecular weight excluding hydrogens is 883 g/mol. The molecule has 16 nitrogen and oxygen atoms in total. The van der Waals surface area contributed by atoms with Crippen molar-refractivity contribution in [1.82, 2.24) is 25.2 Å². The van der Waals surface area contributed by atoms with Crippen molar-refractivity contribution in [3.8, 4) is 17.4 Å². The van der Waals surface area contributed by atoms with Crippen LogP contribution >= 0.6 is 0 Å². The predicted molar refractivity (Wildman–Crippen MR) is 239 cm³/mol. The van der Waals surface area contributed by atoms with Gasteiger partial charge in [0.25, 0.3) is 5.91 Å². The third-order valence-electron chi connectivity index (χ3n) is 11.8. The number of hydrogen-bond acceptors (Lipinski definition) is 12. The Labute approximate surface area is 382 Å². The van der Waals surface area contributed by atoms with Crippen molar-refractivity contribution in [3.63, 3.8) is 0 Å². The molecule has 3 fully saturated rings. The van der Waals surface area contributed by atoms with Gasteiger partial charge in [0.05, 0.1) is 43.2 Å². The molecular formula is C44H69F4N5O11S. The summed E-state index contributed by atoms with van der Waals surface area (Å²) in [6.45, 7) is 13.8. The average molecular weight is 952 g/mol. The number of hydrogen-bond donors (Lipinski definition) is 3. The standard InChI is InChI=1S/C40H51F4N5O11S.2C2H6.3H2/c1-8-28-32(46-36(53)60-37(3,4)40(42,43)44)34(51)49-20-23(59-29-18-31(57-7)45-26-17-30(56-6)25(41)16-24(26)29)15-27(49)33(50)47-39(19-22(39)12-10-9-11-21(2)58-28)35(52)48-61(54,55)38(5)13-14-38;2*1-2;;;/h10,12,16-18,21-23,27-28,32H,8-9,11,13-15,19-20H2,1-7H3,(H,46,53)(H,47,50)(H,48,52);2*1-2H3;3*1H/b12-10-;;;;;/t21-,22-,23-,27+,28+,32+,39-;;;;;/m1...../s1. The second kappa shape index (κ2) is 20.7. The fourth-order valence-electron chi connectivity index (χ4n) is 7.46. The number of alkyl halides is 3. The average Bonchev–Trinajstić information content (AvgIpc) is 4.14. The van der Waals surface area contributed by atoms with Crippen molar-refractivity contribution in [2.45, 2.75) is 160 Å². The summed E-state index contributed by atoms with van der Waals surface area (Å²) >= 11 is 0. The lowest BCUT2D eigenvalue weighted by Gasteiger charge is -2.35. The number of benzene rings is 1. The van der Waals surface area contributed by atoms with Gasteiger partial charge in [-0.05, 0) is 72.3 Å².